The first-order chi connectivity index (χ1) is 51.2. The first-order valence-corrected chi connectivity index (χ1v) is 45.2. The third kappa shape index (κ3) is 29.0. The van der Waals surface area contributed by atoms with Crippen molar-refractivity contribution in [2.24, 2.45) is 92.2 Å². The molecule has 1 spiro atoms. The van der Waals surface area contributed by atoms with Crippen LogP contribution in [0.25, 0.3) is 11.1 Å². The van der Waals surface area contributed by atoms with Gasteiger partial charge in [-0.25, -0.2) is 0 Å². The lowest BCUT2D eigenvalue weighted by Crippen LogP contribution is -2.49. The third-order valence-electron chi connectivity index (χ3n) is 25.3. The minimum atomic E-state index is 0.267. The molecule has 600 valence electrons. The van der Waals surface area contributed by atoms with Gasteiger partial charge in [0.2, 0.25) is 0 Å². The molecule has 4 bridgehead atoms. The highest BCUT2D eigenvalue weighted by molar-refractivity contribution is 5.79. The number of aryl methyl sites for hydroxylation is 6. The van der Waals surface area contributed by atoms with E-state index in [-0.39, 0.29) is 5.41 Å². The lowest BCUT2D eigenvalue weighted by atomic mass is 9.47. The number of fused-ring (bicyclic) bond motifs is 7. The molecule has 11 aliphatic carbocycles. The van der Waals surface area contributed by atoms with Gasteiger partial charge in [0.05, 0.1) is 0 Å². The van der Waals surface area contributed by atoms with Gasteiger partial charge < -0.3 is 4.74 Å². The molecule has 1 nitrogen and oxygen atoms in total. The van der Waals surface area contributed by atoms with Gasteiger partial charge in [0, 0.05) is 19.1 Å². The van der Waals surface area contributed by atoms with Crippen molar-refractivity contribution in [3.8, 4) is 11.1 Å². The fourth-order valence-corrected chi connectivity index (χ4v) is 20.7. The molecule has 1 aliphatic heterocycles. The molecule has 0 aromatic heterocycles. The smallest absolute Gasteiger partial charge is 0.0471 e. The fourth-order valence-electron chi connectivity index (χ4n) is 20.7. The zero-order valence-electron chi connectivity index (χ0n) is 74.5. The molecule has 12 aliphatic rings. The number of rotatable bonds is 1. The average Bonchev–Trinajstić information content (AvgIpc) is 1.19. The molecule has 6 saturated carbocycles. The Kier molecular flexibility index (Phi) is 36.5. The molecule has 108 heavy (non-hydrogen) atoms. The summed E-state index contributed by atoms with van der Waals surface area (Å²) in [4.78, 5) is 0. The van der Waals surface area contributed by atoms with E-state index in [9.17, 15) is 0 Å². The number of benzene rings is 6. The van der Waals surface area contributed by atoms with Crippen molar-refractivity contribution in [2.45, 2.75) is 351 Å². The SMILES string of the molecule is CC(C)(C)C1C2CC3CC(C2)CC1C3.CC(C)(C)C1CC1.CC(C)(C)C1CCCCCC1.CC(C)(C)C1c2ccccc2-c2ccccc21.CC(C)C.CC(C)C.CC(C)C.CC(C)C1c2ccccc2CC12CCOCC2.c1ccc2c(c1)CCC2.c1ccc2c(c1)CCCC2.c1ccc2c(c1)CCCCC2. The normalized spacial score (nSPS) is 22.5. The van der Waals surface area contributed by atoms with E-state index in [2.05, 4.69) is 305 Å². The minimum absolute atomic E-state index is 0.267. The van der Waals surface area contributed by atoms with E-state index >= 15 is 0 Å². The van der Waals surface area contributed by atoms with E-state index in [4.69, 9.17) is 4.74 Å². The molecule has 0 amide bonds. The van der Waals surface area contributed by atoms with Gasteiger partial charge in [-0.3, -0.25) is 0 Å². The van der Waals surface area contributed by atoms with E-state index in [0.717, 1.165) is 84.2 Å². The zero-order chi connectivity index (χ0) is 78.8. The molecule has 6 aromatic carbocycles. The summed E-state index contributed by atoms with van der Waals surface area (Å²) >= 11 is 0. The van der Waals surface area contributed by atoms with Gasteiger partial charge in [0.15, 0.2) is 0 Å². The van der Waals surface area contributed by atoms with Gasteiger partial charge in [-0.2, -0.15) is 0 Å². The van der Waals surface area contributed by atoms with Crippen molar-refractivity contribution in [1.82, 2.24) is 0 Å². The van der Waals surface area contributed by atoms with Gasteiger partial charge in [-0.05, 0) is 313 Å². The molecule has 18 rings (SSSR count). The van der Waals surface area contributed by atoms with Crippen molar-refractivity contribution >= 4 is 0 Å². The van der Waals surface area contributed by atoms with Crippen LogP contribution in [0.2, 0.25) is 0 Å². The van der Waals surface area contributed by atoms with E-state index in [1.165, 1.54) is 170 Å². The highest BCUT2D eigenvalue weighted by Gasteiger charge is 2.52. The zero-order valence-corrected chi connectivity index (χ0v) is 74.5. The van der Waals surface area contributed by atoms with Crippen LogP contribution in [0.15, 0.2) is 146 Å². The molecule has 1 heteroatoms. The highest BCUT2D eigenvalue weighted by atomic mass is 16.5. The van der Waals surface area contributed by atoms with Crippen LogP contribution in [-0.4, -0.2) is 13.2 Å². The molecular weight excluding hydrogens is 1300 g/mol. The predicted octanol–water partition coefficient (Wildman–Crippen LogP) is 31.9. The van der Waals surface area contributed by atoms with Crippen molar-refractivity contribution in [3.63, 3.8) is 0 Å². The number of ether oxygens (including phenoxy) is 1. The Morgan fingerprint density at radius 2 is 0.620 bits per heavy atom. The lowest BCUT2D eigenvalue weighted by molar-refractivity contribution is -0.0811. The predicted molar refractivity (Wildman–Crippen MR) is 477 cm³/mol. The quantitative estimate of drug-likeness (QED) is 0.118. The average molecular weight is 1470 g/mol. The Hall–Kier alpha value is -4.72. The van der Waals surface area contributed by atoms with Crippen molar-refractivity contribution < 1.29 is 4.74 Å². The maximum atomic E-state index is 5.58. The summed E-state index contributed by atoms with van der Waals surface area (Å²) in [7, 11) is 0. The maximum Gasteiger partial charge on any atom is 0.0471 e. The number of hydrogen-bond donors (Lipinski definition) is 0. The molecule has 7 fully saturated rings. The monoisotopic (exact) mass is 1470 g/mol. The van der Waals surface area contributed by atoms with Crippen LogP contribution < -0.4 is 0 Å². The van der Waals surface area contributed by atoms with Gasteiger partial charge in [0.25, 0.3) is 0 Å². The molecule has 1 saturated heterocycles. The van der Waals surface area contributed by atoms with Crippen LogP contribution in [0.1, 0.15) is 362 Å². The molecule has 1 atom stereocenters. The standard InChI is InChI=1S/C17H18.C16H22O.C14H24.C11H14.C11H22.C10H12.C9H10.C7H14.3C4H10/c1-17(2,3)16-14-10-6-4-8-12(14)13-9-5-7-11-15(13)16;1-12(2)15-14-6-4-3-5-13(14)11-16(15)7-9-17-10-8-16;1-14(2,3)13-11-5-9-4-10(7-11)8-12(13)6-9;1-2-6-10-8-4-5-9-11(10)7-3-1;1-11(2,3)10-8-6-4-5-7-9-10;1-2-6-10-8-4-3-7-9(10)5-1;1-2-5-9-7-3-6-8(9)4-1;1-7(2,3)6-4-5-6;3*1-4(2)3/h4-11,16H,1-3H3;3-6,12,15H,7-11H2,1-2H3;9-13H,4-8H2,1-3H3;4-5,8-9H,1-3,6-7H2;10H,4-9H2,1-3H3;1-2,5-6H,3-4,7-8H2;1-2,4-5H,3,6-7H2;6H,4-5H2,1-3H3;3*4H,1-3H3. The second kappa shape index (κ2) is 43.5. The van der Waals surface area contributed by atoms with Crippen LogP contribution >= 0.6 is 0 Å². The molecule has 1 heterocycles. The first kappa shape index (κ1) is 90.5. The van der Waals surface area contributed by atoms with Gasteiger partial charge in [-0.15, -0.1) is 0 Å². The summed E-state index contributed by atoms with van der Waals surface area (Å²) in [5.41, 5.74) is 21.0. The first-order valence-electron chi connectivity index (χ1n) is 45.2. The Balaban J connectivity index is 0.000000170. The summed E-state index contributed by atoms with van der Waals surface area (Å²) in [5, 5.41) is 0. The summed E-state index contributed by atoms with van der Waals surface area (Å²) < 4.78 is 5.58. The van der Waals surface area contributed by atoms with Crippen molar-refractivity contribution in [1.29, 1.82) is 0 Å². The van der Waals surface area contributed by atoms with Crippen molar-refractivity contribution in [3.05, 3.63) is 201 Å². The molecule has 0 N–H and O–H groups in total. The maximum absolute atomic E-state index is 5.58. The second-order valence-corrected chi connectivity index (χ2v) is 42.2. The topological polar surface area (TPSA) is 9.23 Å². The third-order valence-corrected chi connectivity index (χ3v) is 25.3. The Morgan fingerprint density at radius 3 is 0.944 bits per heavy atom. The second-order valence-electron chi connectivity index (χ2n) is 42.2. The van der Waals surface area contributed by atoms with E-state index in [0.29, 0.717) is 27.6 Å². The van der Waals surface area contributed by atoms with E-state index < -0.39 is 0 Å². The Labute approximate surface area is 669 Å². The molecule has 1 unspecified atom stereocenters. The molecular formula is C107H166O. The molecule has 6 aromatic rings. The summed E-state index contributed by atoms with van der Waals surface area (Å²) in [6, 6.07) is 53.1. The van der Waals surface area contributed by atoms with Crippen LogP contribution in [0, 0.1) is 92.2 Å². The Bertz CT molecular complexity index is 3290. The Morgan fingerprint density at radius 1 is 0.315 bits per heavy atom. The highest BCUT2D eigenvalue weighted by Crippen LogP contribution is 2.61. The summed E-state index contributed by atoms with van der Waals surface area (Å²) in [6.07, 6.45) is 39.6. The lowest BCUT2D eigenvalue weighted by Gasteiger charge is -2.58. The van der Waals surface area contributed by atoms with Crippen LogP contribution in [0.3, 0.4) is 0 Å². The van der Waals surface area contributed by atoms with Gasteiger partial charge >= 0.3 is 0 Å². The molecule has 0 radical (unpaired) electrons. The van der Waals surface area contributed by atoms with Crippen LogP contribution in [-0.2, 0) is 49.7 Å². The van der Waals surface area contributed by atoms with E-state index in [1.807, 2.05) is 0 Å². The number of hydrogen-bond acceptors (Lipinski definition) is 1. The van der Waals surface area contributed by atoms with E-state index in [1.54, 1.807) is 76.6 Å². The van der Waals surface area contributed by atoms with Gasteiger partial charge in [-0.1, -0.05) is 337 Å². The van der Waals surface area contributed by atoms with Gasteiger partial charge in [0.1, 0.15) is 0 Å². The summed E-state index contributed by atoms with van der Waals surface area (Å²) in [5.74, 6) is 12.1. The fraction of sp³-hybridized carbons (Fsp3) is 0.664. The minimum Gasteiger partial charge on any atom is -0.381 e. The van der Waals surface area contributed by atoms with Crippen LogP contribution in [0.5, 0.6) is 0 Å². The largest absolute Gasteiger partial charge is 0.381 e. The van der Waals surface area contributed by atoms with Crippen molar-refractivity contribution in [2.75, 3.05) is 13.2 Å². The van der Waals surface area contributed by atoms with Crippen LogP contribution in [0.4, 0.5) is 0 Å². The summed E-state index contributed by atoms with van der Waals surface area (Å²) in [6.45, 7) is 54.7.